The van der Waals surface area contributed by atoms with Crippen LogP contribution in [0.2, 0.25) is 0 Å². The van der Waals surface area contributed by atoms with Crippen molar-refractivity contribution >= 4 is 33.4 Å². The number of nitrogens with zero attached hydrogens (tertiary/aromatic N) is 3. The molecule has 0 N–H and O–H groups in total. The Bertz CT molecular complexity index is 1170. The summed E-state index contributed by atoms with van der Waals surface area (Å²) >= 11 is 0. The zero-order chi connectivity index (χ0) is 24.3. The molecule has 1 aromatic rings. The molecule has 1 aromatic carbocycles. The second kappa shape index (κ2) is 8.07. The summed E-state index contributed by atoms with van der Waals surface area (Å²) in [4.78, 5) is 29.5. The highest BCUT2D eigenvalue weighted by Gasteiger charge is 2.51. The molecule has 0 unspecified atom stereocenters. The average molecular weight is 488 g/mol. The Balaban J connectivity index is 1.29. The predicted octanol–water partition coefficient (Wildman–Crippen LogP) is 3.75. The number of benzene rings is 1. The van der Waals surface area contributed by atoms with Crippen LogP contribution in [0.5, 0.6) is 0 Å². The van der Waals surface area contributed by atoms with Gasteiger partial charge in [0.1, 0.15) is 10.7 Å². The Labute approximate surface area is 201 Å². The molecule has 3 aliphatic heterocycles. The number of hydrogen-bond acceptors (Lipinski definition) is 6. The van der Waals surface area contributed by atoms with E-state index < -0.39 is 16.0 Å². The number of hydrogen-bond donors (Lipinski definition) is 0. The van der Waals surface area contributed by atoms with E-state index in [1.807, 2.05) is 9.80 Å². The van der Waals surface area contributed by atoms with Crippen LogP contribution in [0.25, 0.3) is 0 Å². The molecule has 4 aliphatic rings. The Morgan fingerprint density at radius 1 is 1.15 bits per heavy atom. The van der Waals surface area contributed by atoms with Crippen molar-refractivity contribution < 1.29 is 22.7 Å². The molecule has 2 bridgehead atoms. The van der Waals surface area contributed by atoms with Gasteiger partial charge in [-0.3, -0.25) is 4.79 Å². The zero-order valence-corrected chi connectivity index (χ0v) is 21.0. The van der Waals surface area contributed by atoms with Crippen LogP contribution in [0, 0.1) is 10.8 Å². The molecule has 34 heavy (non-hydrogen) atoms. The van der Waals surface area contributed by atoms with Gasteiger partial charge in [-0.1, -0.05) is 27.2 Å². The van der Waals surface area contributed by atoms with Crippen molar-refractivity contribution in [2.45, 2.75) is 76.7 Å². The fourth-order valence-electron chi connectivity index (χ4n) is 6.65. The minimum absolute atomic E-state index is 0.0161. The maximum Gasteiger partial charge on any atom is 0.338 e. The third kappa shape index (κ3) is 4.23. The number of sulfonamides is 1. The Morgan fingerprint density at radius 2 is 1.94 bits per heavy atom. The number of carbonyl (C=O) groups is 2. The van der Waals surface area contributed by atoms with E-state index in [1.54, 1.807) is 12.1 Å². The first-order chi connectivity index (χ1) is 16.0. The van der Waals surface area contributed by atoms with Crippen LogP contribution in [-0.4, -0.2) is 56.8 Å². The summed E-state index contributed by atoms with van der Waals surface area (Å²) in [5, 5.41) is 0. The number of carbonyl (C=O) groups excluding carboxylic acids is 2. The maximum absolute atomic E-state index is 12.9. The molecule has 2 saturated heterocycles. The maximum atomic E-state index is 12.9. The minimum Gasteiger partial charge on any atom is -0.452 e. The summed E-state index contributed by atoms with van der Waals surface area (Å²) in [5.74, 6) is -0.325. The summed E-state index contributed by atoms with van der Waals surface area (Å²) in [6.07, 6.45) is 6.52. The molecule has 3 heterocycles. The fraction of sp³-hybridized carbons (Fsp3) is 0.640. The second-order valence-electron chi connectivity index (χ2n) is 11.4. The summed E-state index contributed by atoms with van der Waals surface area (Å²) in [6.45, 7) is 7.76. The number of anilines is 1. The zero-order valence-electron chi connectivity index (χ0n) is 20.2. The van der Waals surface area contributed by atoms with Crippen LogP contribution in [0.4, 0.5) is 5.69 Å². The van der Waals surface area contributed by atoms with E-state index in [0.717, 1.165) is 38.5 Å². The van der Waals surface area contributed by atoms with Gasteiger partial charge in [-0.25, -0.2) is 4.79 Å². The molecule has 1 aliphatic carbocycles. The predicted molar refractivity (Wildman–Crippen MR) is 128 cm³/mol. The van der Waals surface area contributed by atoms with Crippen LogP contribution < -0.4 is 4.90 Å². The highest BCUT2D eigenvalue weighted by Crippen LogP contribution is 2.52. The van der Waals surface area contributed by atoms with Crippen LogP contribution in [0.15, 0.2) is 27.5 Å². The molecule has 1 amide bonds. The van der Waals surface area contributed by atoms with Gasteiger partial charge in [0.25, 0.3) is 15.9 Å². The van der Waals surface area contributed by atoms with E-state index in [4.69, 9.17) is 4.74 Å². The molecule has 8 nitrogen and oxygen atoms in total. The van der Waals surface area contributed by atoms with Gasteiger partial charge in [-0.05, 0) is 61.1 Å². The van der Waals surface area contributed by atoms with Crippen molar-refractivity contribution in [3.05, 3.63) is 23.8 Å². The lowest BCUT2D eigenvalue weighted by Gasteiger charge is -2.39. The lowest BCUT2D eigenvalue weighted by molar-refractivity contribution is -0.135. The number of fused-ring (bicyclic) bond motifs is 5. The summed E-state index contributed by atoms with van der Waals surface area (Å²) in [7, 11) is -3.89. The first-order valence-corrected chi connectivity index (χ1v) is 13.6. The molecule has 0 aromatic heterocycles. The number of likely N-dealkylation sites (tertiary alicyclic amines) is 1. The molecule has 2 atom stereocenters. The smallest absolute Gasteiger partial charge is 0.338 e. The number of rotatable bonds is 3. The van der Waals surface area contributed by atoms with E-state index >= 15 is 0 Å². The SMILES string of the molecule is CC1(C)C[C@@H]2C[C@@](C)(CN2C(=O)COC(=O)c2ccc3c(c2)S(=O)(=O)N=C2CCCCCN23)C1. The van der Waals surface area contributed by atoms with Gasteiger partial charge in [0.2, 0.25) is 0 Å². The van der Waals surface area contributed by atoms with Gasteiger partial charge >= 0.3 is 5.97 Å². The average Bonchev–Trinajstić information content (AvgIpc) is 2.88. The van der Waals surface area contributed by atoms with Crippen molar-refractivity contribution in [2.24, 2.45) is 15.2 Å². The standard InChI is InChI=1S/C25H33N3O5S/c1-24(2)12-18-13-25(3,15-24)16-28(18)22(29)14-33-23(30)17-8-9-19-20(11-17)34(31,32)26-21-7-5-4-6-10-27(19)21/h8-9,11,18H,4-7,10,12-16H2,1-3H3/t18-,25-/m1/s1. The third-order valence-corrected chi connectivity index (χ3v) is 8.98. The van der Waals surface area contributed by atoms with Crippen LogP contribution >= 0.6 is 0 Å². The van der Waals surface area contributed by atoms with Crippen molar-refractivity contribution in [3.63, 3.8) is 0 Å². The van der Waals surface area contributed by atoms with Gasteiger partial charge in [-0.15, -0.1) is 4.40 Å². The Morgan fingerprint density at radius 3 is 2.74 bits per heavy atom. The van der Waals surface area contributed by atoms with Crippen LogP contribution in [-0.2, 0) is 19.6 Å². The lowest BCUT2D eigenvalue weighted by atomic mass is 9.65. The Hall–Kier alpha value is -2.42. The van der Waals surface area contributed by atoms with Crippen molar-refractivity contribution in [3.8, 4) is 0 Å². The van der Waals surface area contributed by atoms with Crippen LogP contribution in [0.3, 0.4) is 0 Å². The molecule has 0 spiro atoms. The quantitative estimate of drug-likeness (QED) is 0.603. The Kier molecular flexibility index (Phi) is 5.54. The molecule has 5 rings (SSSR count). The van der Waals surface area contributed by atoms with Gasteiger partial charge < -0.3 is 14.5 Å². The van der Waals surface area contributed by atoms with Gasteiger partial charge in [0.05, 0.1) is 11.3 Å². The molecule has 1 saturated carbocycles. The molecule has 3 fully saturated rings. The van der Waals surface area contributed by atoms with E-state index in [9.17, 15) is 18.0 Å². The van der Waals surface area contributed by atoms with Crippen molar-refractivity contribution in [1.29, 1.82) is 0 Å². The second-order valence-corrected chi connectivity index (χ2v) is 13.0. The topological polar surface area (TPSA) is 96.3 Å². The van der Waals surface area contributed by atoms with Crippen molar-refractivity contribution in [2.75, 3.05) is 24.6 Å². The highest BCUT2D eigenvalue weighted by molar-refractivity contribution is 7.90. The van der Waals surface area contributed by atoms with E-state index in [0.29, 0.717) is 31.0 Å². The molecular weight excluding hydrogens is 454 g/mol. The summed E-state index contributed by atoms with van der Waals surface area (Å²) < 4.78 is 35.0. The molecule has 184 valence electrons. The molecular formula is C25H33N3O5S. The van der Waals surface area contributed by atoms with E-state index in [-0.39, 0.29) is 39.8 Å². The normalized spacial score (nSPS) is 28.9. The number of esters is 1. The van der Waals surface area contributed by atoms with E-state index in [1.165, 1.54) is 6.07 Å². The third-order valence-electron chi connectivity index (χ3n) is 7.65. The first kappa shape index (κ1) is 23.3. The number of amides is 1. The first-order valence-electron chi connectivity index (χ1n) is 12.2. The number of ether oxygens (including phenoxy) is 1. The molecule has 0 radical (unpaired) electrons. The van der Waals surface area contributed by atoms with Gasteiger partial charge in [0, 0.05) is 25.6 Å². The van der Waals surface area contributed by atoms with Gasteiger partial charge in [-0.2, -0.15) is 8.42 Å². The van der Waals surface area contributed by atoms with Gasteiger partial charge in [0.15, 0.2) is 6.61 Å². The monoisotopic (exact) mass is 487 g/mol. The lowest BCUT2D eigenvalue weighted by Crippen LogP contribution is -2.39. The molecule has 9 heteroatoms. The summed E-state index contributed by atoms with van der Waals surface area (Å²) in [6, 6.07) is 4.73. The largest absolute Gasteiger partial charge is 0.452 e. The van der Waals surface area contributed by atoms with Crippen LogP contribution in [0.1, 0.15) is 76.1 Å². The highest BCUT2D eigenvalue weighted by atomic mass is 32.2. The number of amidine groups is 1. The fourth-order valence-corrected chi connectivity index (χ4v) is 7.94. The minimum atomic E-state index is -3.89. The summed E-state index contributed by atoms with van der Waals surface area (Å²) in [5.41, 5.74) is 0.955. The van der Waals surface area contributed by atoms with Crippen molar-refractivity contribution in [1.82, 2.24) is 4.90 Å². The van der Waals surface area contributed by atoms with E-state index in [2.05, 4.69) is 25.2 Å².